The molecule has 0 saturated carbocycles. The van der Waals surface area contributed by atoms with Crippen molar-refractivity contribution in [2.45, 2.75) is 12.8 Å². The summed E-state index contributed by atoms with van der Waals surface area (Å²) < 4.78 is 6.95. The molecule has 0 radical (unpaired) electrons. The second-order valence-corrected chi connectivity index (χ2v) is 5.35. The molecular formula is C19H18N2O3. The van der Waals surface area contributed by atoms with Crippen LogP contribution >= 0.6 is 0 Å². The van der Waals surface area contributed by atoms with Crippen molar-refractivity contribution in [3.8, 4) is 17.6 Å². The van der Waals surface area contributed by atoms with Gasteiger partial charge in [0, 0.05) is 36.6 Å². The smallest absolute Gasteiger partial charge is 0.257 e. The molecule has 0 saturated heterocycles. The molecule has 0 fully saturated rings. The molecule has 1 amide bonds. The van der Waals surface area contributed by atoms with Crippen LogP contribution in [-0.4, -0.2) is 29.3 Å². The number of carbonyl (C=O) groups is 1. The van der Waals surface area contributed by atoms with Crippen molar-refractivity contribution in [3.05, 3.63) is 47.8 Å². The predicted octanol–water partition coefficient (Wildman–Crippen LogP) is 2.57. The van der Waals surface area contributed by atoms with Gasteiger partial charge in [0.15, 0.2) is 0 Å². The van der Waals surface area contributed by atoms with Crippen LogP contribution in [0.1, 0.15) is 24.0 Å². The number of benzene rings is 1. The highest BCUT2D eigenvalue weighted by molar-refractivity contribution is 6.34. The SMILES string of the molecule is COc1ccn(C=C2C(=O)Nc3cccc(C#CCCCO)c32)c1. The Hall–Kier alpha value is -2.97. The van der Waals surface area contributed by atoms with Crippen molar-refractivity contribution in [1.82, 2.24) is 4.57 Å². The first-order chi connectivity index (χ1) is 11.7. The van der Waals surface area contributed by atoms with E-state index >= 15 is 0 Å². The average Bonchev–Trinajstić information content (AvgIpc) is 3.17. The van der Waals surface area contributed by atoms with E-state index in [1.807, 2.05) is 30.5 Å². The Morgan fingerprint density at radius 1 is 1.38 bits per heavy atom. The van der Waals surface area contributed by atoms with Crippen molar-refractivity contribution in [2.24, 2.45) is 0 Å². The number of fused-ring (bicyclic) bond motifs is 1. The van der Waals surface area contributed by atoms with E-state index in [4.69, 9.17) is 9.84 Å². The van der Waals surface area contributed by atoms with Gasteiger partial charge in [0.05, 0.1) is 24.6 Å². The van der Waals surface area contributed by atoms with Crippen molar-refractivity contribution >= 4 is 23.4 Å². The first-order valence-corrected chi connectivity index (χ1v) is 7.70. The van der Waals surface area contributed by atoms with E-state index in [1.165, 1.54) is 0 Å². The van der Waals surface area contributed by atoms with E-state index in [-0.39, 0.29) is 12.5 Å². The molecule has 122 valence electrons. The van der Waals surface area contributed by atoms with E-state index in [2.05, 4.69) is 17.2 Å². The van der Waals surface area contributed by atoms with E-state index in [0.717, 1.165) is 22.6 Å². The highest BCUT2D eigenvalue weighted by Crippen LogP contribution is 2.34. The maximum Gasteiger partial charge on any atom is 0.257 e. The predicted molar refractivity (Wildman–Crippen MR) is 93.4 cm³/mol. The quantitative estimate of drug-likeness (QED) is 0.517. The second-order valence-electron chi connectivity index (χ2n) is 5.35. The third-order valence-corrected chi connectivity index (χ3v) is 3.71. The minimum absolute atomic E-state index is 0.127. The average molecular weight is 322 g/mol. The first kappa shape index (κ1) is 15.9. The van der Waals surface area contributed by atoms with E-state index in [9.17, 15) is 4.79 Å². The van der Waals surface area contributed by atoms with E-state index in [1.54, 1.807) is 24.1 Å². The van der Waals surface area contributed by atoms with Crippen LogP contribution in [0.25, 0.3) is 11.8 Å². The van der Waals surface area contributed by atoms with Crippen LogP contribution in [0.15, 0.2) is 36.7 Å². The molecule has 2 heterocycles. The van der Waals surface area contributed by atoms with Crippen molar-refractivity contribution in [1.29, 1.82) is 0 Å². The van der Waals surface area contributed by atoms with Gasteiger partial charge in [-0.05, 0) is 24.6 Å². The number of aliphatic hydroxyl groups is 1. The Morgan fingerprint density at radius 2 is 2.25 bits per heavy atom. The van der Waals surface area contributed by atoms with Crippen LogP contribution < -0.4 is 10.1 Å². The zero-order valence-corrected chi connectivity index (χ0v) is 13.4. The number of carbonyl (C=O) groups excluding carboxylic acids is 1. The summed E-state index contributed by atoms with van der Waals surface area (Å²) in [6.45, 7) is 0.127. The van der Waals surface area contributed by atoms with Crippen LogP contribution in [-0.2, 0) is 4.79 Å². The first-order valence-electron chi connectivity index (χ1n) is 7.70. The summed E-state index contributed by atoms with van der Waals surface area (Å²) in [4.78, 5) is 12.3. The normalized spacial score (nSPS) is 14.1. The number of aliphatic hydroxyl groups excluding tert-OH is 1. The van der Waals surface area contributed by atoms with Crippen LogP contribution in [0.2, 0.25) is 0 Å². The zero-order valence-electron chi connectivity index (χ0n) is 13.4. The molecule has 0 bridgehead atoms. The molecule has 5 heteroatoms. The molecule has 0 aliphatic carbocycles. The van der Waals surface area contributed by atoms with Crippen LogP contribution in [0.5, 0.6) is 5.75 Å². The lowest BCUT2D eigenvalue weighted by atomic mass is 10.0. The fourth-order valence-electron chi connectivity index (χ4n) is 2.54. The number of aromatic nitrogens is 1. The zero-order chi connectivity index (χ0) is 16.9. The molecule has 1 aromatic carbocycles. The Balaban J connectivity index is 1.99. The van der Waals surface area contributed by atoms with E-state index in [0.29, 0.717) is 18.4 Å². The molecule has 5 nitrogen and oxygen atoms in total. The topological polar surface area (TPSA) is 63.5 Å². The Labute approximate surface area is 140 Å². The number of rotatable bonds is 4. The third-order valence-electron chi connectivity index (χ3n) is 3.71. The van der Waals surface area contributed by atoms with Crippen molar-refractivity contribution in [2.75, 3.05) is 19.0 Å². The fraction of sp³-hybridized carbons (Fsp3) is 0.211. The summed E-state index contributed by atoms with van der Waals surface area (Å²) in [6, 6.07) is 7.46. The highest BCUT2D eigenvalue weighted by atomic mass is 16.5. The van der Waals surface area contributed by atoms with Gasteiger partial charge in [0.25, 0.3) is 5.91 Å². The highest BCUT2D eigenvalue weighted by Gasteiger charge is 2.26. The Bertz CT molecular complexity index is 853. The largest absolute Gasteiger partial charge is 0.495 e. The van der Waals surface area contributed by atoms with Gasteiger partial charge < -0.3 is 19.7 Å². The standard InChI is InChI=1S/C19H18N2O3/c1-24-15-9-10-21(12-15)13-16-18-14(6-3-2-4-11-22)7-5-8-17(18)20-19(16)23/h5,7-10,12-13,22H,2,4,11H2,1H3,(H,20,23). The molecular weight excluding hydrogens is 304 g/mol. The van der Waals surface area contributed by atoms with Crippen molar-refractivity contribution in [3.63, 3.8) is 0 Å². The summed E-state index contributed by atoms with van der Waals surface area (Å²) in [6.07, 6.45) is 6.66. The summed E-state index contributed by atoms with van der Waals surface area (Å²) in [5.74, 6) is 6.72. The van der Waals surface area contributed by atoms with Gasteiger partial charge in [0.1, 0.15) is 5.75 Å². The van der Waals surface area contributed by atoms with Crippen LogP contribution in [0, 0.1) is 11.8 Å². The van der Waals surface area contributed by atoms with E-state index < -0.39 is 0 Å². The van der Waals surface area contributed by atoms with Gasteiger partial charge in [0.2, 0.25) is 0 Å². The molecule has 0 spiro atoms. The van der Waals surface area contributed by atoms with Crippen molar-refractivity contribution < 1.29 is 14.6 Å². The molecule has 24 heavy (non-hydrogen) atoms. The number of unbranched alkanes of at least 4 members (excludes halogenated alkanes) is 1. The van der Waals surface area contributed by atoms with Gasteiger partial charge in [-0.15, -0.1) is 0 Å². The lowest BCUT2D eigenvalue weighted by Crippen LogP contribution is -2.04. The summed E-state index contributed by atoms with van der Waals surface area (Å²) in [5, 5.41) is 11.7. The fourth-order valence-corrected chi connectivity index (χ4v) is 2.54. The molecule has 0 unspecified atom stereocenters. The van der Waals surface area contributed by atoms with Gasteiger partial charge in [-0.2, -0.15) is 0 Å². The van der Waals surface area contributed by atoms with Gasteiger partial charge in [-0.3, -0.25) is 4.79 Å². The van der Waals surface area contributed by atoms with Crippen LogP contribution in [0.4, 0.5) is 5.69 Å². The van der Waals surface area contributed by atoms with Gasteiger partial charge >= 0.3 is 0 Å². The summed E-state index contributed by atoms with van der Waals surface area (Å²) >= 11 is 0. The lowest BCUT2D eigenvalue weighted by Gasteiger charge is -2.03. The number of nitrogens with one attached hydrogen (secondary N) is 1. The number of amides is 1. The maximum absolute atomic E-state index is 12.3. The summed E-state index contributed by atoms with van der Waals surface area (Å²) in [5.41, 5.74) is 2.94. The molecule has 1 aromatic heterocycles. The number of nitrogens with zero attached hydrogens (tertiary/aromatic N) is 1. The van der Waals surface area contributed by atoms with Gasteiger partial charge in [-0.1, -0.05) is 17.9 Å². The van der Waals surface area contributed by atoms with Crippen LogP contribution in [0.3, 0.4) is 0 Å². The third kappa shape index (κ3) is 3.19. The second kappa shape index (κ2) is 7.07. The Kier molecular flexibility index (Phi) is 4.69. The molecule has 1 aliphatic heterocycles. The molecule has 3 rings (SSSR count). The number of methoxy groups -OCH3 is 1. The monoisotopic (exact) mass is 322 g/mol. The number of ether oxygens (including phenoxy) is 1. The number of hydrogen-bond donors (Lipinski definition) is 2. The van der Waals surface area contributed by atoms with Gasteiger partial charge in [-0.25, -0.2) is 0 Å². The minimum Gasteiger partial charge on any atom is -0.495 e. The molecule has 1 aliphatic rings. The number of anilines is 1. The summed E-state index contributed by atoms with van der Waals surface area (Å²) in [7, 11) is 1.60. The number of hydrogen-bond acceptors (Lipinski definition) is 3. The molecule has 2 N–H and O–H groups in total. The minimum atomic E-state index is -0.151. The Morgan fingerprint density at radius 3 is 3.00 bits per heavy atom. The molecule has 2 aromatic rings. The lowest BCUT2D eigenvalue weighted by molar-refractivity contribution is -0.110. The maximum atomic E-state index is 12.3. The molecule has 0 atom stereocenters.